The second-order valence-corrected chi connectivity index (χ2v) is 6.37. The Balaban J connectivity index is 2.25. The zero-order chi connectivity index (χ0) is 24.2. The number of nitrogens with zero attached hydrogens (tertiary/aromatic N) is 2. The van der Waals surface area contributed by atoms with Crippen molar-refractivity contribution in [1.82, 2.24) is 0 Å². The average Bonchev–Trinajstić information content (AvgIpc) is 2.82. The Bertz CT molecular complexity index is 1170. The summed E-state index contributed by atoms with van der Waals surface area (Å²) >= 11 is 0. The molecular weight excluding hydrogens is 424 g/mol. The lowest BCUT2D eigenvalue weighted by Crippen LogP contribution is -2.10. The van der Waals surface area contributed by atoms with E-state index in [2.05, 4.69) is 0 Å². The second kappa shape index (κ2) is 12.3. The number of carbonyl (C=O) groups is 2. The van der Waals surface area contributed by atoms with E-state index in [0.29, 0.717) is 29.2 Å². The van der Waals surface area contributed by atoms with Crippen molar-refractivity contribution < 1.29 is 28.5 Å². The molecule has 2 rings (SSSR count). The molecule has 8 heteroatoms. The van der Waals surface area contributed by atoms with Crippen molar-refractivity contribution in [3.05, 3.63) is 64.7 Å². The number of benzene rings is 2. The van der Waals surface area contributed by atoms with Gasteiger partial charge in [-0.25, -0.2) is 9.59 Å². The molecule has 2 aromatic rings. The molecule has 168 valence electrons. The average molecular weight is 446 g/mol. The van der Waals surface area contributed by atoms with Crippen molar-refractivity contribution in [2.24, 2.45) is 0 Å². The van der Waals surface area contributed by atoms with Gasteiger partial charge in [-0.05, 0) is 61.4 Å². The van der Waals surface area contributed by atoms with Crippen molar-refractivity contribution in [3.63, 3.8) is 0 Å². The zero-order valence-electron chi connectivity index (χ0n) is 18.5. The number of hydrogen-bond acceptors (Lipinski definition) is 8. The van der Waals surface area contributed by atoms with Crippen LogP contribution in [0.1, 0.15) is 25.0 Å². The van der Waals surface area contributed by atoms with Crippen LogP contribution in [0.3, 0.4) is 0 Å². The molecule has 0 aliphatic carbocycles. The fraction of sp³-hybridized carbons (Fsp3) is 0.200. The van der Waals surface area contributed by atoms with Gasteiger partial charge in [-0.1, -0.05) is 18.2 Å². The lowest BCUT2D eigenvalue weighted by Gasteiger charge is -2.10. The maximum atomic E-state index is 12.5. The Morgan fingerprint density at radius 1 is 0.879 bits per heavy atom. The number of ether oxygens (including phenoxy) is 4. The number of hydrogen-bond donors (Lipinski definition) is 0. The van der Waals surface area contributed by atoms with Gasteiger partial charge in [0.25, 0.3) is 0 Å². The van der Waals surface area contributed by atoms with Gasteiger partial charge in [-0.3, -0.25) is 0 Å². The van der Waals surface area contributed by atoms with Crippen LogP contribution >= 0.6 is 0 Å². The first-order chi connectivity index (χ1) is 15.9. The highest BCUT2D eigenvalue weighted by Crippen LogP contribution is 2.29. The van der Waals surface area contributed by atoms with E-state index < -0.39 is 11.9 Å². The molecule has 0 saturated heterocycles. The van der Waals surface area contributed by atoms with Crippen molar-refractivity contribution in [2.45, 2.75) is 13.8 Å². The van der Waals surface area contributed by atoms with Crippen LogP contribution in [0.5, 0.6) is 17.2 Å². The molecule has 33 heavy (non-hydrogen) atoms. The van der Waals surface area contributed by atoms with E-state index in [4.69, 9.17) is 24.2 Å². The maximum Gasteiger partial charge on any atom is 0.354 e. The highest BCUT2D eigenvalue weighted by atomic mass is 16.5. The van der Waals surface area contributed by atoms with Crippen LogP contribution in [0, 0.1) is 22.7 Å². The Labute approximate surface area is 191 Å². The summed E-state index contributed by atoms with van der Waals surface area (Å²) in [6, 6.07) is 14.8. The van der Waals surface area contributed by atoms with Crippen molar-refractivity contribution in [2.75, 3.05) is 20.3 Å². The van der Waals surface area contributed by atoms with Gasteiger partial charge < -0.3 is 18.9 Å². The minimum Gasteiger partial charge on any atom is -0.493 e. The molecule has 0 amide bonds. The lowest BCUT2D eigenvalue weighted by molar-refractivity contribution is -0.138. The predicted octanol–water partition coefficient (Wildman–Crippen LogP) is 4.08. The number of rotatable bonds is 9. The molecule has 0 fully saturated rings. The largest absolute Gasteiger partial charge is 0.493 e. The highest BCUT2D eigenvalue weighted by Gasteiger charge is 2.14. The molecule has 0 saturated carbocycles. The van der Waals surface area contributed by atoms with E-state index in [9.17, 15) is 14.9 Å². The molecule has 0 aliphatic heterocycles. The molecule has 0 atom stereocenters. The number of carbonyl (C=O) groups excluding carboxylic acids is 2. The van der Waals surface area contributed by atoms with Gasteiger partial charge in [0.2, 0.25) is 0 Å². The minimum atomic E-state index is -0.864. The maximum absolute atomic E-state index is 12.5. The number of nitriles is 2. The third kappa shape index (κ3) is 6.98. The monoisotopic (exact) mass is 446 g/mol. The van der Waals surface area contributed by atoms with Crippen LogP contribution in [0.4, 0.5) is 0 Å². The van der Waals surface area contributed by atoms with Crippen molar-refractivity contribution >= 4 is 24.1 Å². The molecule has 0 heterocycles. The smallest absolute Gasteiger partial charge is 0.354 e. The van der Waals surface area contributed by atoms with Crippen LogP contribution in [0.25, 0.3) is 12.2 Å². The normalized spacial score (nSPS) is 11.1. The van der Waals surface area contributed by atoms with Gasteiger partial charge in [0, 0.05) is 0 Å². The third-order valence-corrected chi connectivity index (χ3v) is 4.13. The fourth-order valence-corrected chi connectivity index (χ4v) is 2.69. The van der Waals surface area contributed by atoms with Gasteiger partial charge in [-0.2, -0.15) is 10.5 Å². The molecule has 2 aromatic carbocycles. The highest BCUT2D eigenvalue weighted by molar-refractivity contribution is 5.99. The first-order valence-corrected chi connectivity index (χ1v) is 9.99. The van der Waals surface area contributed by atoms with Crippen LogP contribution in [0.15, 0.2) is 53.6 Å². The molecule has 0 N–H and O–H groups in total. The minimum absolute atomic E-state index is 0.138. The topological polar surface area (TPSA) is 119 Å². The van der Waals surface area contributed by atoms with Crippen LogP contribution in [-0.2, 0) is 14.3 Å². The Kier molecular flexibility index (Phi) is 9.23. The number of esters is 2. The quantitative estimate of drug-likeness (QED) is 0.245. The Morgan fingerprint density at radius 2 is 1.55 bits per heavy atom. The fourth-order valence-electron chi connectivity index (χ4n) is 2.69. The first kappa shape index (κ1) is 24.7. The summed E-state index contributed by atoms with van der Waals surface area (Å²) in [5, 5.41) is 18.6. The van der Waals surface area contributed by atoms with Gasteiger partial charge in [0.1, 0.15) is 29.0 Å². The van der Waals surface area contributed by atoms with E-state index in [0.717, 1.165) is 0 Å². The predicted molar refractivity (Wildman–Crippen MR) is 120 cm³/mol. The van der Waals surface area contributed by atoms with Crippen molar-refractivity contribution in [1.29, 1.82) is 10.5 Å². The number of methoxy groups -OCH3 is 1. The van der Waals surface area contributed by atoms with Crippen LogP contribution in [-0.4, -0.2) is 32.3 Å². The van der Waals surface area contributed by atoms with E-state index in [1.54, 1.807) is 43.3 Å². The summed E-state index contributed by atoms with van der Waals surface area (Å²) in [4.78, 5) is 24.3. The summed E-state index contributed by atoms with van der Waals surface area (Å²) in [7, 11) is 1.49. The van der Waals surface area contributed by atoms with Gasteiger partial charge in [0.15, 0.2) is 11.5 Å². The summed E-state index contributed by atoms with van der Waals surface area (Å²) in [5.74, 6) is -0.464. The zero-order valence-corrected chi connectivity index (χ0v) is 18.5. The van der Waals surface area contributed by atoms with E-state index in [-0.39, 0.29) is 23.5 Å². The van der Waals surface area contributed by atoms with Gasteiger partial charge in [-0.15, -0.1) is 0 Å². The summed E-state index contributed by atoms with van der Waals surface area (Å²) < 4.78 is 20.9. The molecule has 0 bridgehead atoms. The molecular formula is C25H22N2O6. The molecule has 0 radical (unpaired) electrons. The van der Waals surface area contributed by atoms with E-state index in [1.165, 1.54) is 31.4 Å². The molecule has 0 aromatic heterocycles. The van der Waals surface area contributed by atoms with Gasteiger partial charge in [0.05, 0.1) is 20.3 Å². The molecule has 0 aliphatic rings. The van der Waals surface area contributed by atoms with Gasteiger partial charge >= 0.3 is 11.9 Å². The molecule has 8 nitrogen and oxygen atoms in total. The van der Waals surface area contributed by atoms with E-state index in [1.807, 2.05) is 13.0 Å². The summed E-state index contributed by atoms with van der Waals surface area (Å²) in [6.45, 7) is 4.08. The molecule has 0 spiro atoms. The Hall–Kier alpha value is -4.56. The SMILES string of the molecule is CCOC(=O)/C(C#N)=C/c1cccc(OC(=O)/C(C#N)=C/c2ccc(OCC)c(OC)c2)c1. The van der Waals surface area contributed by atoms with E-state index >= 15 is 0 Å². The second-order valence-electron chi connectivity index (χ2n) is 6.37. The van der Waals surface area contributed by atoms with Crippen LogP contribution < -0.4 is 14.2 Å². The van der Waals surface area contributed by atoms with Crippen molar-refractivity contribution in [3.8, 4) is 29.4 Å². The third-order valence-electron chi connectivity index (χ3n) is 4.13. The first-order valence-electron chi connectivity index (χ1n) is 9.99. The summed E-state index contributed by atoms with van der Waals surface area (Å²) in [6.07, 6.45) is 2.70. The van der Waals surface area contributed by atoms with Crippen LogP contribution in [0.2, 0.25) is 0 Å². The lowest BCUT2D eigenvalue weighted by atomic mass is 10.1. The standard InChI is InChI=1S/C25H22N2O6/c1-4-31-22-10-9-18(14-23(22)30-3)12-20(16-27)25(29)33-21-8-6-7-17(13-21)11-19(15-26)24(28)32-5-2/h6-14H,4-5H2,1-3H3/b19-11+,20-12+. The molecule has 0 unspecified atom stereocenters. The Morgan fingerprint density at radius 3 is 2.15 bits per heavy atom. The summed E-state index contributed by atoms with van der Waals surface area (Å²) in [5.41, 5.74) is 0.575.